The molecular weight excluding hydrogens is 234 g/mol. The second kappa shape index (κ2) is 6.02. The molecule has 0 radical (unpaired) electrons. The van der Waals surface area contributed by atoms with Gasteiger partial charge in [0.25, 0.3) is 0 Å². The molecule has 6 heteroatoms. The molecule has 0 aliphatic carbocycles. The van der Waals surface area contributed by atoms with Gasteiger partial charge in [0, 0.05) is 13.1 Å². The molecule has 3 N–H and O–H groups in total. The normalized spacial score (nSPS) is 20.9. The Hall–Kier alpha value is -2.08. The Morgan fingerprint density at radius 3 is 3.00 bits per heavy atom. The number of hydrogen-bond acceptors (Lipinski definition) is 5. The summed E-state index contributed by atoms with van der Waals surface area (Å²) in [6.07, 6.45) is -0.520. The minimum absolute atomic E-state index is 0.221. The van der Waals surface area contributed by atoms with Crippen molar-refractivity contribution in [1.82, 2.24) is 10.6 Å². The van der Waals surface area contributed by atoms with Crippen molar-refractivity contribution in [2.75, 3.05) is 13.1 Å². The second-order valence-electron chi connectivity index (χ2n) is 3.98. The molecule has 96 valence electrons. The quantitative estimate of drug-likeness (QED) is 0.544. The van der Waals surface area contributed by atoms with Crippen molar-refractivity contribution in [3.63, 3.8) is 0 Å². The van der Waals surface area contributed by atoms with Crippen molar-refractivity contribution in [2.45, 2.75) is 12.6 Å². The van der Waals surface area contributed by atoms with Gasteiger partial charge >= 0.3 is 6.09 Å². The monoisotopic (exact) mass is 249 g/mol. The lowest BCUT2D eigenvalue weighted by molar-refractivity contribution is 0.138. The number of hydrogen-bond donors (Lipinski definition) is 3. The highest BCUT2D eigenvalue weighted by molar-refractivity contribution is 5.95. The number of ether oxygens (including phenoxy) is 1. The summed E-state index contributed by atoms with van der Waals surface area (Å²) in [6, 6.07) is 9.12. The minimum Gasteiger partial charge on any atom is -0.445 e. The number of carbonyl (C=O) groups excluding carboxylic acids is 1. The third-order valence-electron chi connectivity index (χ3n) is 2.69. The number of benzene rings is 1. The van der Waals surface area contributed by atoms with Gasteiger partial charge in [0.2, 0.25) is 0 Å². The number of oxime groups is 1. The van der Waals surface area contributed by atoms with E-state index in [2.05, 4.69) is 15.8 Å². The lowest BCUT2D eigenvalue weighted by atomic mass is 10.2. The molecular formula is C12H15N3O3. The van der Waals surface area contributed by atoms with Gasteiger partial charge in [-0.05, 0) is 5.56 Å². The maximum absolute atomic E-state index is 11.5. The van der Waals surface area contributed by atoms with E-state index in [0.717, 1.165) is 5.56 Å². The first kappa shape index (κ1) is 12.4. The zero-order valence-corrected chi connectivity index (χ0v) is 9.80. The number of carbonyl (C=O) groups is 1. The molecule has 1 amide bonds. The number of amides is 1. The van der Waals surface area contributed by atoms with Gasteiger partial charge in [-0.3, -0.25) is 0 Å². The van der Waals surface area contributed by atoms with Crippen LogP contribution in [0.25, 0.3) is 0 Å². The van der Waals surface area contributed by atoms with Crippen molar-refractivity contribution in [2.24, 2.45) is 5.16 Å². The molecule has 1 heterocycles. The zero-order chi connectivity index (χ0) is 12.8. The van der Waals surface area contributed by atoms with Gasteiger partial charge in [-0.1, -0.05) is 35.5 Å². The summed E-state index contributed by atoms with van der Waals surface area (Å²) in [5.74, 6) is 0. The molecule has 1 aliphatic heterocycles. The van der Waals surface area contributed by atoms with Crippen LogP contribution in [0, 0.1) is 0 Å². The molecule has 1 fully saturated rings. The van der Waals surface area contributed by atoms with Gasteiger partial charge in [-0.2, -0.15) is 0 Å². The van der Waals surface area contributed by atoms with Crippen LogP contribution in [0.3, 0.4) is 0 Å². The van der Waals surface area contributed by atoms with Crippen LogP contribution in [0.15, 0.2) is 35.5 Å². The molecule has 0 spiro atoms. The summed E-state index contributed by atoms with van der Waals surface area (Å²) in [7, 11) is 0. The number of nitrogens with one attached hydrogen (secondary N) is 2. The van der Waals surface area contributed by atoms with Gasteiger partial charge in [-0.15, -0.1) is 0 Å². The molecule has 1 atom stereocenters. The van der Waals surface area contributed by atoms with Crippen molar-refractivity contribution in [3.8, 4) is 0 Å². The highest BCUT2D eigenvalue weighted by Gasteiger charge is 2.24. The van der Waals surface area contributed by atoms with Crippen LogP contribution in [0.5, 0.6) is 0 Å². The third-order valence-corrected chi connectivity index (χ3v) is 2.69. The summed E-state index contributed by atoms with van der Waals surface area (Å²) in [5.41, 5.74) is 1.43. The summed E-state index contributed by atoms with van der Waals surface area (Å²) in [5, 5.41) is 17.5. The van der Waals surface area contributed by atoms with Crippen LogP contribution in [0.4, 0.5) is 4.79 Å². The first-order chi connectivity index (χ1) is 8.79. The van der Waals surface area contributed by atoms with Crippen LogP contribution in [-0.2, 0) is 11.3 Å². The standard InChI is InChI=1S/C12H15N3O3/c16-12(14-10-6-13-7-11(10)15-17)18-8-9-4-2-1-3-5-9/h1-5,10,13,17H,6-8H2,(H,14,16)/b15-11-. The van der Waals surface area contributed by atoms with E-state index in [1.54, 1.807) is 0 Å². The van der Waals surface area contributed by atoms with Crippen molar-refractivity contribution in [3.05, 3.63) is 35.9 Å². The van der Waals surface area contributed by atoms with Crippen molar-refractivity contribution >= 4 is 11.8 Å². The predicted octanol–water partition coefficient (Wildman–Crippen LogP) is 0.715. The molecule has 1 saturated heterocycles. The average Bonchev–Trinajstić information content (AvgIpc) is 2.85. The lowest BCUT2D eigenvalue weighted by Gasteiger charge is -2.12. The first-order valence-corrected chi connectivity index (χ1v) is 5.68. The molecule has 6 nitrogen and oxygen atoms in total. The Morgan fingerprint density at radius 2 is 2.28 bits per heavy atom. The van der Waals surface area contributed by atoms with Gasteiger partial charge in [0.05, 0.1) is 11.8 Å². The van der Waals surface area contributed by atoms with Gasteiger partial charge in [0.1, 0.15) is 6.61 Å². The fraction of sp³-hybridized carbons (Fsp3) is 0.333. The maximum Gasteiger partial charge on any atom is 0.408 e. The Bertz CT molecular complexity index is 433. The van der Waals surface area contributed by atoms with E-state index >= 15 is 0 Å². The van der Waals surface area contributed by atoms with E-state index in [4.69, 9.17) is 9.94 Å². The Balaban J connectivity index is 1.79. The fourth-order valence-corrected chi connectivity index (χ4v) is 1.73. The van der Waals surface area contributed by atoms with Crippen molar-refractivity contribution < 1.29 is 14.7 Å². The molecule has 18 heavy (non-hydrogen) atoms. The predicted molar refractivity (Wildman–Crippen MR) is 65.6 cm³/mol. The summed E-state index contributed by atoms with van der Waals surface area (Å²) >= 11 is 0. The number of rotatable bonds is 3. The minimum atomic E-state index is -0.520. The fourth-order valence-electron chi connectivity index (χ4n) is 1.73. The van der Waals surface area contributed by atoms with Crippen molar-refractivity contribution in [1.29, 1.82) is 0 Å². The van der Waals surface area contributed by atoms with Crippen LogP contribution < -0.4 is 10.6 Å². The third kappa shape index (κ3) is 3.21. The molecule has 1 aliphatic rings. The highest BCUT2D eigenvalue weighted by atomic mass is 16.5. The van der Waals surface area contributed by atoms with E-state index in [0.29, 0.717) is 18.8 Å². The highest BCUT2D eigenvalue weighted by Crippen LogP contribution is 2.02. The topological polar surface area (TPSA) is 83.0 Å². The molecule has 0 bridgehead atoms. The Morgan fingerprint density at radius 1 is 1.50 bits per heavy atom. The van der Waals surface area contributed by atoms with Crippen LogP contribution in [-0.4, -0.2) is 36.1 Å². The van der Waals surface area contributed by atoms with E-state index in [-0.39, 0.29) is 12.6 Å². The molecule has 2 rings (SSSR count). The van der Waals surface area contributed by atoms with E-state index in [1.807, 2.05) is 30.3 Å². The lowest BCUT2D eigenvalue weighted by Crippen LogP contribution is -2.40. The summed E-state index contributed by atoms with van der Waals surface area (Å²) < 4.78 is 5.07. The molecule has 0 aromatic heterocycles. The molecule has 0 saturated carbocycles. The molecule has 1 aromatic carbocycles. The molecule has 1 aromatic rings. The Labute approximate surface area is 105 Å². The number of alkyl carbamates (subject to hydrolysis) is 1. The SMILES string of the molecule is O=C(NC1CNC/C1=N/O)OCc1ccccc1. The maximum atomic E-state index is 11.5. The largest absolute Gasteiger partial charge is 0.445 e. The summed E-state index contributed by atoms with van der Waals surface area (Å²) in [6.45, 7) is 1.23. The summed E-state index contributed by atoms with van der Waals surface area (Å²) in [4.78, 5) is 11.5. The Kier molecular flexibility index (Phi) is 4.14. The van der Waals surface area contributed by atoms with E-state index < -0.39 is 6.09 Å². The average molecular weight is 249 g/mol. The zero-order valence-electron chi connectivity index (χ0n) is 9.80. The first-order valence-electron chi connectivity index (χ1n) is 5.68. The second-order valence-corrected chi connectivity index (χ2v) is 3.98. The van der Waals surface area contributed by atoms with Crippen LogP contribution in [0.1, 0.15) is 5.56 Å². The van der Waals surface area contributed by atoms with Crippen LogP contribution >= 0.6 is 0 Å². The van der Waals surface area contributed by atoms with Gasteiger partial charge in [0.15, 0.2) is 0 Å². The smallest absolute Gasteiger partial charge is 0.408 e. The van der Waals surface area contributed by atoms with E-state index in [1.165, 1.54) is 0 Å². The van der Waals surface area contributed by atoms with Crippen LogP contribution in [0.2, 0.25) is 0 Å². The van der Waals surface area contributed by atoms with Gasteiger partial charge < -0.3 is 20.6 Å². The number of nitrogens with zero attached hydrogens (tertiary/aromatic N) is 1. The van der Waals surface area contributed by atoms with Gasteiger partial charge in [-0.25, -0.2) is 4.79 Å². The van der Waals surface area contributed by atoms with E-state index in [9.17, 15) is 4.79 Å². The molecule has 1 unspecified atom stereocenters.